The van der Waals surface area contributed by atoms with Crippen molar-refractivity contribution < 1.29 is 30.0 Å². The first-order valence-electron chi connectivity index (χ1n) is 8.67. The third kappa shape index (κ3) is 227. The summed E-state index contributed by atoms with van der Waals surface area (Å²) >= 11 is 0. The lowest BCUT2D eigenvalue weighted by Crippen LogP contribution is -2.14. The Morgan fingerprint density at radius 2 is 0.760 bits per heavy atom. The fourth-order valence-electron chi connectivity index (χ4n) is 0.979. The van der Waals surface area contributed by atoms with Crippen LogP contribution in [0.2, 0.25) is 0 Å². The summed E-state index contributed by atoms with van der Waals surface area (Å²) in [5.74, 6) is 0. The van der Waals surface area contributed by atoms with E-state index in [-0.39, 0.29) is 0 Å². The first kappa shape index (κ1) is 34.7. The van der Waals surface area contributed by atoms with Gasteiger partial charge in [0.2, 0.25) is 0 Å². The van der Waals surface area contributed by atoms with Crippen LogP contribution >= 0.6 is 0 Å². The molecule has 0 fully saturated rings. The van der Waals surface area contributed by atoms with Crippen molar-refractivity contribution in [2.75, 3.05) is 39.3 Å². The zero-order chi connectivity index (χ0) is 20.9. The Labute approximate surface area is 152 Å². The molecular weight excluding hydrogens is 330 g/mol. The summed E-state index contributed by atoms with van der Waals surface area (Å²) in [4.78, 5) is 17.1. The van der Waals surface area contributed by atoms with Crippen LogP contribution in [-0.4, -0.2) is 72.0 Å². The molecule has 156 valence electrons. The van der Waals surface area contributed by atoms with Crippen molar-refractivity contribution in [1.29, 1.82) is 0 Å². The molecule has 0 rings (SSSR count). The molecule has 0 bridgehead atoms. The zero-order valence-electron chi connectivity index (χ0n) is 16.8. The molecule has 0 aromatic heterocycles. The molecule has 0 amide bonds. The van der Waals surface area contributed by atoms with Gasteiger partial charge in [0.05, 0.1) is 0 Å². The Kier molecular flexibility index (Phi) is 60.0. The molecule has 0 heterocycles. The van der Waals surface area contributed by atoms with Gasteiger partial charge in [0.25, 0.3) is 0 Å². The van der Waals surface area contributed by atoms with E-state index < -0.39 is 12.3 Å². The molecule has 0 saturated carbocycles. The number of carbonyl (C=O) groups is 2. The van der Waals surface area contributed by atoms with Crippen LogP contribution in [-0.2, 0) is 0 Å². The van der Waals surface area contributed by atoms with Crippen molar-refractivity contribution in [2.24, 2.45) is 0 Å². The number of hydrogen-bond acceptors (Lipinski definition) is 5. The molecule has 0 aliphatic rings. The van der Waals surface area contributed by atoms with Crippen LogP contribution in [0.5, 0.6) is 0 Å². The largest absolute Gasteiger partial charge is 0.503 e. The second-order valence-electron chi connectivity index (χ2n) is 4.23. The van der Waals surface area contributed by atoms with Gasteiger partial charge in [-0.25, -0.2) is 9.59 Å². The highest BCUT2D eigenvalue weighted by Crippen LogP contribution is 1.71. The third-order valence-electron chi connectivity index (χ3n) is 1.85. The normalized spacial score (nSPS) is 7.92. The molecule has 0 unspecified atom stereocenters. The predicted octanol–water partition coefficient (Wildman–Crippen LogP) is 3.07. The van der Waals surface area contributed by atoms with Crippen LogP contribution in [0, 0.1) is 0 Å². The molecule has 7 N–H and O–H groups in total. The minimum atomic E-state index is -1.83. The molecule has 25 heavy (non-hydrogen) atoms. The van der Waals surface area contributed by atoms with E-state index in [0.29, 0.717) is 0 Å². The first-order chi connectivity index (χ1) is 11.7. The second-order valence-corrected chi connectivity index (χ2v) is 4.23. The first-order valence-corrected chi connectivity index (χ1v) is 8.67. The minimum Gasteiger partial charge on any atom is -0.450 e. The van der Waals surface area contributed by atoms with Crippen LogP contribution in [0.25, 0.3) is 0 Å². The Morgan fingerprint density at radius 1 is 0.560 bits per heavy atom. The van der Waals surface area contributed by atoms with Crippen molar-refractivity contribution in [1.82, 2.24) is 16.0 Å². The van der Waals surface area contributed by atoms with Gasteiger partial charge in [-0.1, -0.05) is 41.5 Å². The Morgan fingerprint density at radius 3 is 0.840 bits per heavy atom. The van der Waals surface area contributed by atoms with E-state index in [1.807, 2.05) is 0 Å². The predicted molar refractivity (Wildman–Crippen MR) is 103 cm³/mol. The summed E-state index contributed by atoms with van der Waals surface area (Å²) < 4.78 is 0. The fourth-order valence-corrected chi connectivity index (χ4v) is 0.979. The molecular formula is C16H41N3O6. The van der Waals surface area contributed by atoms with Crippen molar-refractivity contribution in [2.45, 2.75) is 54.4 Å². The highest BCUT2D eigenvalue weighted by molar-refractivity contribution is 5.53. The summed E-state index contributed by atoms with van der Waals surface area (Å²) in [5, 5.41) is 37.4. The maximum absolute atomic E-state index is 8.56. The molecule has 0 atom stereocenters. The van der Waals surface area contributed by atoms with Crippen molar-refractivity contribution in [3.8, 4) is 0 Å². The molecule has 0 aliphatic carbocycles. The van der Waals surface area contributed by atoms with Gasteiger partial charge in [0.15, 0.2) is 0 Å². The van der Waals surface area contributed by atoms with E-state index in [4.69, 9.17) is 30.0 Å². The number of nitrogens with one attached hydrogen (secondary N) is 3. The lowest BCUT2D eigenvalue weighted by atomic mass is 10.4. The number of hydrogen-bond donors (Lipinski definition) is 7. The maximum atomic E-state index is 8.56. The molecule has 0 aromatic carbocycles. The average Bonchev–Trinajstić information content (AvgIpc) is 2.50. The number of carboxylic acid groups (broad SMARTS) is 4. The molecule has 0 spiro atoms. The topological polar surface area (TPSA) is 151 Å². The summed E-state index contributed by atoms with van der Waals surface area (Å²) in [6, 6.07) is 0. The molecule has 9 nitrogen and oxygen atoms in total. The molecule has 0 aromatic rings. The SMILES string of the molecule is CCCNCCC.CCNCC.CCNCC.O=C(O)O.O=C(O)O. The van der Waals surface area contributed by atoms with Gasteiger partial charge in [-0.2, -0.15) is 0 Å². The number of rotatable bonds is 8. The highest BCUT2D eigenvalue weighted by Gasteiger charge is 1.76. The standard InChI is InChI=1S/C6H15N.2C4H11N.2CH2O3/c1-3-5-7-6-4-2;2*1-3-5-4-2;2*2-1(3)4/h7H,3-6H2,1-2H3;2*5H,3-4H2,1-2H3;2*(H2,2,3,4). The average molecular weight is 372 g/mol. The van der Waals surface area contributed by atoms with Crippen molar-refractivity contribution in [3.63, 3.8) is 0 Å². The molecule has 0 saturated heterocycles. The summed E-state index contributed by atoms with van der Waals surface area (Å²) in [6.07, 6.45) is -1.17. The van der Waals surface area contributed by atoms with Gasteiger partial charge in [0, 0.05) is 0 Å². The summed E-state index contributed by atoms with van der Waals surface area (Å²) in [7, 11) is 0. The summed E-state index contributed by atoms with van der Waals surface area (Å²) in [6.45, 7) is 19.5. The van der Waals surface area contributed by atoms with Gasteiger partial charge in [0.1, 0.15) is 0 Å². The van der Waals surface area contributed by atoms with Crippen LogP contribution in [0.3, 0.4) is 0 Å². The van der Waals surface area contributed by atoms with E-state index in [2.05, 4.69) is 57.5 Å². The van der Waals surface area contributed by atoms with E-state index in [0.717, 1.165) is 26.2 Å². The zero-order valence-corrected chi connectivity index (χ0v) is 16.8. The maximum Gasteiger partial charge on any atom is 0.503 e. The molecule has 0 radical (unpaired) electrons. The lowest BCUT2D eigenvalue weighted by Gasteiger charge is -1.95. The van der Waals surface area contributed by atoms with E-state index in [1.165, 1.54) is 25.9 Å². The van der Waals surface area contributed by atoms with Crippen LogP contribution in [0.1, 0.15) is 54.4 Å². The highest BCUT2D eigenvalue weighted by atomic mass is 16.6. The van der Waals surface area contributed by atoms with Crippen molar-refractivity contribution >= 4 is 12.3 Å². The van der Waals surface area contributed by atoms with Crippen LogP contribution in [0.15, 0.2) is 0 Å². The minimum absolute atomic E-state index is 1.09. The van der Waals surface area contributed by atoms with Gasteiger partial charge in [-0.3, -0.25) is 0 Å². The summed E-state index contributed by atoms with van der Waals surface area (Å²) in [5.41, 5.74) is 0. The van der Waals surface area contributed by atoms with Crippen LogP contribution < -0.4 is 16.0 Å². The fraction of sp³-hybridized carbons (Fsp3) is 0.875. The smallest absolute Gasteiger partial charge is 0.450 e. The van der Waals surface area contributed by atoms with E-state index in [9.17, 15) is 0 Å². The van der Waals surface area contributed by atoms with Gasteiger partial charge in [-0.15, -0.1) is 0 Å². The van der Waals surface area contributed by atoms with Crippen LogP contribution in [0.4, 0.5) is 9.59 Å². The Bertz CT molecular complexity index is 198. The van der Waals surface area contributed by atoms with Gasteiger partial charge >= 0.3 is 12.3 Å². The quantitative estimate of drug-likeness (QED) is 0.319. The van der Waals surface area contributed by atoms with E-state index in [1.54, 1.807) is 0 Å². The van der Waals surface area contributed by atoms with E-state index >= 15 is 0 Å². The second kappa shape index (κ2) is 43.3. The lowest BCUT2D eigenvalue weighted by molar-refractivity contribution is 0.135. The van der Waals surface area contributed by atoms with Gasteiger partial charge in [-0.05, 0) is 52.1 Å². The molecule has 9 heteroatoms. The molecule has 0 aliphatic heterocycles. The Balaban J connectivity index is -0.0000000679. The third-order valence-corrected chi connectivity index (χ3v) is 1.85. The monoisotopic (exact) mass is 371 g/mol. The Hall–Kier alpha value is -1.58. The van der Waals surface area contributed by atoms with Crippen molar-refractivity contribution in [3.05, 3.63) is 0 Å². The van der Waals surface area contributed by atoms with Gasteiger partial charge < -0.3 is 36.4 Å².